The minimum absolute atomic E-state index is 0.220. The van der Waals surface area contributed by atoms with Crippen LogP contribution in [0.15, 0.2) is 12.4 Å². The van der Waals surface area contributed by atoms with Gasteiger partial charge in [-0.1, -0.05) is 0 Å². The van der Waals surface area contributed by atoms with Crippen LogP contribution in [0.4, 0.5) is 0 Å². The van der Waals surface area contributed by atoms with Crippen LogP contribution in [0.2, 0.25) is 0 Å². The minimum atomic E-state index is -0.569. The third kappa shape index (κ3) is 2.35. The molecule has 0 aliphatic rings. The molecule has 0 aromatic carbocycles. The van der Waals surface area contributed by atoms with Crippen LogP contribution in [0.5, 0.6) is 0 Å². The second-order valence-electron chi connectivity index (χ2n) is 2.67. The molecule has 5 heteroatoms. The lowest BCUT2D eigenvalue weighted by Gasteiger charge is -2.00. The maximum atomic E-state index is 11.4. The fourth-order valence-corrected chi connectivity index (χ4v) is 0.968. The van der Waals surface area contributed by atoms with E-state index in [1.54, 1.807) is 6.92 Å². The normalized spacial score (nSPS) is 9.57. The van der Waals surface area contributed by atoms with E-state index in [0.29, 0.717) is 5.69 Å². The predicted molar refractivity (Wildman–Crippen MR) is 47.7 cm³/mol. The van der Waals surface area contributed by atoms with Crippen LogP contribution in [0, 0.1) is 6.92 Å². The number of hydrogen-bond acceptors (Lipinski definition) is 5. The molecular formula is C9H10N2O3. The van der Waals surface area contributed by atoms with E-state index in [0.717, 1.165) is 0 Å². The van der Waals surface area contributed by atoms with Crippen LogP contribution in [0.3, 0.4) is 0 Å². The first-order valence-electron chi connectivity index (χ1n) is 4.02. The Morgan fingerprint density at radius 1 is 1.36 bits per heavy atom. The lowest BCUT2D eigenvalue weighted by Crippen LogP contribution is -2.12. The highest BCUT2D eigenvalue weighted by Crippen LogP contribution is 2.03. The number of ketones is 1. The molecule has 0 spiro atoms. The van der Waals surface area contributed by atoms with E-state index in [-0.39, 0.29) is 17.9 Å². The second kappa shape index (κ2) is 4.45. The molecule has 1 heterocycles. The zero-order valence-electron chi connectivity index (χ0n) is 7.98. The summed E-state index contributed by atoms with van der Waals surface area (Å²) in [7, 11) is 1.24. The van der Waals surface area contributed by atoms with Gasteiger partial charge in [-0.05, 0) is 6.92 Å². The number of hydrogen-bond donors (Lipinski definition) is 0. The highest BCUT2D eigenvalue weighted by atomic mass is 16.5. The van der Waals surface area contributed by atoms with Gasteiger partial charge in [0.15, 0.2) is 5.78 Å². The monoisotopic (exact) mass is 194 g/mol. The van der Waals surface area contributed by atoms with Crippen LogP contribution in [-0.2, 0) is 9.53 Å². The molecule has 74 valence electrons. The maximum absolute atomic E-state index is 11.4. The quantitative estimate of drug-likeness (QED) is 0.399. The Labute approximate surface area is 81.1 Å². The summed E-state index contributed by atoms with van der Waals surface area (Å²) in [5, 5.41) is 0. The summed E-state index contributed by atoms with van der Waals surface area (Å²) < 4.78 is 4.37. The van der Waals surface area contributed by atoms with Crippen molar-refractivity contribution in [3.05, 3.63) is 23.8 Å². The zero-order chi connectivity index (χ0) is 10.6. The molecule has 0 unspecified atom stereocenters. The molecule has 0 amide bonds. The molecule has 0 bridgehead atoms. The van der Waals surface area contributed by atoms with E-state index in [4.69, 9.17) is 0 Å². The molecule has 0 atom stereocenters. The number of carbonyl (C=O) groups is 2. The molecule has 1 aromatic heterocycles. The molecule has 14 heavy (non-hydrogen) atoms. The van der Waals surface area contributed by atoms with Gasteiger partial charge in [-0.2, -0.15) is 0 Å². The van der Waals surface area contributed by atoms with Gasteiger partial charge >= 0.3 is 5.97 Å². The van der Waals surface area contributed by atoms with E-state index in [9.17, 15) is 9.59 Å². The third-order valence-corrected chi connectivity index (χ3v) is 1.68. The van der Waals surface area contributed by atoms with Crippen LogP contribution < -0.4 is 0 Å². The van der Waals surface area contributed by atoms with Crippen molar-refractivity contribution in [3.63, 3.8) is 0 Å². The number of methoxy groups -OCH3 is 1. The third-order valence-electron chi connectivity index (χ3n) is 1.68. The van der Waals surface area contributed by atoms with Gasteiger partial charge in [0.2, 0.25) is 0 Å². The predicted octanol–water partition coefficient (Wildman–Crippen LogP) is 0.531. The number of rotatable bonds is 3. The average molecular weight is 194 g/mol. The maximum Gasteiger partial charge on any atom is 0.313 e. The minimum Gasteiger partial charge on any atom is -0.469 e. The zero-order valence-corrected chi connectivity index (χ0v) is 7.98. The first-order chi connectivity index (χ1) is 6.65. The molecule has 0 radical (unpaired) electrons. The van der Waals surface area contributed by atoms with Crippen molar-refractivity contribution < 1.29 is 14.3 Å². The Balaban J connectivity index is 2.80. The summed E-state index contributed by atoms with van der Waals surface area (Å²) in [4.78, 5) is 30.0. The molecular weight excluding hydrogens is 184 g/mol. The van der Waals surface area contributed by atoms with Gasteiger partial charge in [-0.3, -0.25) is 14.6 Å². The highest BCUT2D eigenvalue weighted by molar-refractivity contribution is 6.05. The van der Waals surface area contributed by atoms with Gasteiger partial charge in [-0.25, -0.2) is 4.98 Å². The van der Waals surface area contributed by atoms with Crippen molar-refractivity contribution in [1.29, 1.82) is 0 Å². The van der Waals surface area contributed by atoms with Crippen molar-refractivity contribution >= 4 is 11.8 Å². The van der Waals surface area contributed by atoms with Gasteiger partial charge in [0.25, 0.3) is 0 Å². The topological polar surface area (TPSA) is 69.2 Å². The van der Waals surface area contributed by atoms with E-state index in [2.05, 4.69) is 14.7 Å². The smallest absolute Gasteiger partial charge is 0.313 e. The standard InChI is InChI=1S/C9H10N2O3/c1-6-9(11-4-3-10-6)7(12)5-8(13)14-2/h3-4H,5H2,1-2H3. The number of carbonyl (C=O) groups excluding carboxylic acids is 2. The molecule has 5 nitrogen and oxygen atoms in total. The Kier molecular flexibility index (Phi) is 3.28. The largest absolute Gasteiger partial charge is 0.469 e. The number of aryl methyl sites for hydroxylation is 1. The lowest BCUT2D eigenvalue weighted by molar-refractivity contribution is -0.139. The van der Waals surface area contributed by atoms with Crippen LogP contribution in [0.1, 0.15) is 22.6 Å². The van der Waals surface area contributed by atoms with E-state index in [1.165, 1.54) is 19.5 Å². The van der Waals surface area contributed by atoms with Gasteiger partial charge < -0.3 is 4.74 Å². The number of aromatic nitrogens is 2. The van der Waals surface area contributed by atoms with Crippen LogP contribution in [0.25, 0.3) is 0 Å². The van der Waals surface area contributed by atoms with Crippen LogP contribution >= 0.6 is 0 Å². The van der Waals surface area contributed by atoms with Gasteiger partial charge in [0.05, 0.1) is 12.8 Å². The molecule has 0 saturated carbocycles. The van der Waals surface area contributed by atoms with Crippen molar-refractivity contribution in [2.45, 2.75) is 13.3 Å². The molecule has 0 aliphatic carbocycles. The summed E-state index contributed by atoms with van der Waals surface area (Å²) in [5.41, 5.74) is 0.735. The molecule has 1 rings (SSSR count). The van der Waals surface area contributed by atoms with Crippen LogP contribution in [-0.4, -0.2) is 28.8 Å². The molecule has 0 fully saturated rings. The Morgan fingerprint density at radius 2 is 2.00 bits per heavy atom. The van der Waals surface area contributed by atoms with E-state index >= 15 is 0 Å². The fourth-order valence-electron chi connectivity index (χ4n) is 0.968. The van der Waals surface area contributed by atoms with Crippen molar-refractivity contribution in [3.8, 4) is 0 Å². The highest BCUT2D eigenvalue weighted by Gasteiger charge is 2.15. The van der Waals surface area contributed by atoms with Crippen molar-refractivity contribution in [2.24, 2.45) is 0 Å². The average Bonchev–Trinajstić information content (AvgIpc) is 2.18. The SMILES string of the molecule is COC(=O)CC(=O)c1nccnc1C. The van der Waals surface area contributed by atoms with Gasteiger partial charge in [0.1, 0.15) is 12.1 Å². The number of nitrogens with zero attached hydrogens (tertiary/aromatic N) is 2. The summed E-state index contributed by atoms with van der Waals surface area (Å²) in [6.45, 7) is 1.66. The summed E-state index contributed by atoms with van der Waals surface area (Å²) in [6.07, 6.45) is 2.61. The summed E-state index contributed by atoms with van der Waals surface area (Å²) in [6, 6.07) is 0. The first kappa shape index (κ1) is 10.3. The summed E-state index contributed by atoms with van der Waals surface area (Å²) >= 11 is 0. The Hall–Kier alpha value is -1.78. The molecule has 0 aliphatic heterocycles. The number of esters is 1. The number of Topliss-reactive ketones (excluding diaryl/α,β-unsaturated/α-hetero) is 1. The van der Waals surface area contributed by atoms with Gasteiger partial charge in [0, 0.05) is 12.4 Å². The van der Waals surface area contributed by atoms with Crippen molar-refractivity contribution in [1.82, 2.24) is 9.97 Å². The summed E-state index contributed by atoms with van der Waals surface area (Å²) in [5.74, 6) is -0.942. The second-order valence-corrected chi connectivity index (χ2v) is 2.67. The number of ether oxygens (including phenoxy) is 1. The first-order valence-corrected chi connectivity index (χ1v) is 4.02. The van der Waals surface area contributed by atoms with Gasteiger partial charge in [-0.15, -0.1) is 0 Å². The Bertz CT molecular complexity index is 363. The Morgan fingerprint density at radius 3 is 2.57 bits per heavy atom. The lowest BCUT2D eigenvalue weighted by atomic mass is 10.2. The molecule has 0 N–H and O–H groups in total. The molecule has 0 saturated heterocycles. The van der Waals surface area contributed by atoms with E-state index in [1.807, 2.05) is 0 Å². The van der Waals surface area contributed by atoms with Crippen molar-refractivity contribution in [2.75, 3.05) is 7.11 Å². The molecule has 1 aromatic rings. The fraction of sp³-hybridized carbons (Fsp3) is 0.333. The van der Waals surface area contributed by atoms with E-state index < -0.39 is 5.97 Å².